The van der Waals surface area contributed by atoms with Crippen molar-refractivity contribution in [3.63, 3.8) is 0 Å². The van der Waals surface area contributed by atoms with E-state index in [1.807, 2.05) is 6.26 Å². The summed E-state index contributed by atoms with van der Waals surface area (Å²) in [5, 5.41) is 4.25. The quantitative estimate of drug-likeness (QED) is 0.898. The lowest BCUT2D eigenvalue weighted by atomic mass is 10.2. The number of nitrogens with one attached hydrogen (secondary N) is 1. The largest absolute Gasteiger partial charge is 0.468 e. The van der Waals surface area contributed by atoms with E-state index in [4.69, 9.17) is 4.42 Å². The zero-order chi connectivity index (χ0) is 13.2. The van der Waals surface area contributed by atoms with E-state index < -0.39 is 0 Å². The molecule has 0 bridgehead atoms. The number of thioether (sulfide) groups is 1. The molecule has 4 heteroatoms. The summed E-state index contributed by atoms with van der Waals surface area (Å²) in [7, 11) is 0. The zero-order valence-corrected chi connectivity index (χ0v) is 12.7. The van der Waals surface area contributed by atoms with Crippen LogP contribution in [0.25, 0.3) is 0 Å². The topological polar surface area (TPSA) is 28.4 Å². The fourth-order valence-electron chi connectivity index (χ4n) is 2.57. The van der Waals surface area contributed by atoms with E-state index in [0.29, 0.717) is 6.04 Å². The molecule has 0 spiro atoms. The standard InChI is InChI=1S/C15H24N2OS/c1-11-12(2)19-6-5-17(11)9-15-7-13(10-18-15)8-16-14-3-4-14/h7,10-12,14,16H,3-6,8-9H2,1-2H3. The highest BCUT2D eigenvalue weighted by Gasteiger charge is 2.26. The maximum absolute atomic E-state index is 5.72. The summed E-state index contributed by atoms with van der Waals surface area (Å²) in [4.78, 5) is 2.54. The highest BCUT2D eigenvalue weighted by atomic mass is 32.2. The van der Waals surface area contributed by atoms with Gasteiger partial charge in [-0.25, -0.2) is 0 Å². The Morgan fingerprint density at radius 1 is 1.42 bits per heavy atom. The van der Waals surface area contributed by atoms with Gasteiger partial charge in [0.15, 0.2) is 0 Å². The molecule has 1 aromatic rings. The lowest BCUT2D eigenvalue weighted by Gasteiger charge is -2.36. The summed E-state index contributed by atoms with van der Waals surface area (Å²) >= 11 is 2.08. The molecule has 1 aromatic heterocycles. The predicted molar refractivity (Wildman–Crippen MR) is 80.4 cm³/mol. The molecule has 3 rings (SSSR count). The van der Waals surface area contributed by atoms with Crippen molar-refractivity contribution < 1.29 is 4.42 Å². The molecule has 0 aromatic carbocycles. The molecular weight excluding hydrogens is 256 g/mol. The average molecular weight is 280 g/mol. The summed E-state index contributed by atoms with van der Waals surface area (Å²) in [6.45, 7) is 7.74. The van der Waals surface area contributed by atoms with Crippen LogP contribution in [0.5, 0.6) is 0 Å². The number of nitrogens with zero attached hydrogens (tertiary/aromatic N) is 1. The summed E-state index contributed by atoms with van der Waals surface area (Å²) in [5.74, 6) is 2.35. The molecule has 1 N–H and O–H groups in total. The van der Waals surface area contributed by atoms with Gasteiger partial charge in [0, 0.05) is 41.7 Å². The van der Waals surface area contributed by atoms with Crippen molar-refractivity contribution in [1.29, 1.82) is 0 Å². The lowest BCUT2D eigenvalue weighted by molar-refractivity contribution is 0.189. The Morgan fingerprint density at radius 3 is 3.05 bits per heavy atom. The fraction of sp³-hybridized carbons (Fsp3) is 0.733. The third-order valence-electron chi connectivity index (χ3n) is 4.25. The number of rotatable bonds is 5. The van der Waals surface area contributed by atoms with E-state index in [2.05, 4.69) is 41.9 Å². The summed E-state index contributed by atoms with van der Waals surface area (Å²) in [6.07, 6.45) is 4.59. The Bertz CT molecular complexity index is 416. The second-order valence-electron chi connectivity index (χ2n) is 5.86. The lowest BCUT2D eigenvalue weighted by Crippen LogP contribution is -2.43. The summed E-state index contributed by atoms with van der Waals surface area (Å²) in [6, 6.07) is 3.62. The Morgan fingerprint density at radius 2 is 2.26 bits per heavy atom. The third kappa shape index (κ3) is 3.56. The molecular formula is C15H24N2OS. The van der Waals surface area contributed by atoms with Crippen LogP contribution in [0.2, 0.25) is 0 Å². The smallest absolute Gasteiger partial charge is 0.118 e. The van der Waals surface area contributed by atoms with Gasteiger partial charge in [0.25, 0.3) is 0 Å². The second-order valence-corrected chi connectivity index (χ2v) is 7.35. The van der Waals surface area contributed by atoms with Gasteiger partial charge in [0.1, 0.15) is 5.76 Å². The van der Waals surface area contributed by atoms with Gasteiger partial charge in [-0.2, -0.15) is 11.8 Å². The van der Waals surface area contributed by atoms with E-state index in [9.17, 15) is 0 Å². The van der Waals surface area contributed by atoms with Crippen LogP contribution in [0.3, 0.4) is 0 Å². The Hall–Kier alpha value is -0.450. The molecule has 1 saturated heterocycles. The Balaban J connectivity index is 1.53. The van der Waals surface area contributed by atoms with Crippen molar-refractivity contribution >= 4 is 11.8 Å². The van der Waals surface area contributed by atoms with Gasteiger partial charge in [-0.05, 0) is 25.8 Å². The van der Waals surface area contributed by atoms with Gasteiger partial charge in [-0.3, -0.25) is 4.90 Å². The second kappa shape index (κ2) is 5.90. The Labute approximate surface area is 120 Å². The molecule has 1 aliphatic carbocycles. The van der Waals surface area contributed by atoms with Crippen molar-refractivity contribution in [1.82, 2.24) is 10.2 Å². The molecule has 2 unspecified atom stereocenters. The van der Waals surface area contributed by atoms with E-state index in [1.165, 1.54) is 30.7 Å². The van der Waals surface area contributed by atoms with Gasteiger partial charge < -0.3 is 9.73 Å². The minimum atomic E-state index is 0.636. The molecule has 3 nitrogen and oxygen atoms in total. The van der Waals surface area contributed by atoms with Gasteiger partial charge in [-0.1, -0.05) is 6.92 Å². The van der Waals surface area contributed by atoms with Crippen molar-refractivity contribution in [2.45, 2.75) is 57.1 Å². The van der Waals surface area contributed by atoms with Crippen molar-refractivity contribution in [3.8, 4) is 0 Å². The van der Waals surface area contributed by atoms with Crippen LogP contribution in [0.4, 0.5) is 0 Å². The minimum absolute atomic E-state index is 0.636. The van der Waals surface area contributed by atoms with Gasteiger partial charge in [0.2, 0.25) is 0 Å². The first-order chi connectivity index (χ1) is 9.22. The molecule has 2 atom stereocenters. The fourth-order valence-corrected chi connectivity index (χ4v) is 3.73. The summed E-state index contributed by atoms with van der Waals surface area (Å²) in [5.41, 5.74) is 1.29. The minimum Gasteiger partial charge on any atom is -0.468 e. The molecule has 19 heavy (non-hydrogen) atoms. The molecule has 1 aliphatic heterocycles. The van der Waals surface area contributed by atoms with Crippen LogP contribution in [-0.4, -0.2) is 34.5 Å². The highest BCUT2D eigenvalue weighted by Crippen LogP contribution is 2.26. The number of hydrogen-bond acceptors (Lipinski definition) is 4. The molecule has 2 heterocycles. The molecule has 0 radical (unpaired) electrons. The molecule has 2 fully saturated rings. The van der Waals surface area contributed by atoms with Crippen LogP contribution < -0.4 is 5.32 Å². The van der Waals surface area contributed by atoms with Crippen molar-refractivity contribution in [2.75, 3.05) is 12.3 Å². The molecule has 0 amide bonds. The average Bonchev–Trinajstić information content (AvgIpc) is 3.13. The predicted octanol–water partition coefficient (Wildman–Crippen LogP) is 2.86. The Kier molecular flexibility index (Phi) is 4.20. The normalized spacial score (nSPS) is 28.7. The first kappa shape index (κ1) is 13.5. The first-order valence-electron chi connectivity index (χ1n) is 7.37. The van der Waals surface area contributed by atoms with E-state index in [0.717, 1.165) is 30.1 Å². The van der Waals surface area contributed by atoms with Crippen molar-refractivity contribution in [2.24, 2.45) is 0 Å². The number of furan rings is 1. The highest BCUT2D eigenvalue weighted by molar-refractivity contribution is 8.00. The zero-order valence-electron chi connectivity index (χ0n) is 11.9. The van der Waals surface area contributed by atoms with Crippen LogP contribution in [0, 0.1) is 0 Å². The van der Waals surface area contributed by atoms with Gasteiger partial charge in [0.05, 0.1) is 12.8 Å². The van der Waals surface area contributed by atoms with E-state index in [1.54, 1.807) is 0 Å². The van der Waals surface area contributed by atoms with Crippen LogP contribution in [-0.2, 0) is 13.1 Å². The van der Waals surface area contributed by atoms with Gasteiger partial charge >= 0.3 is 0 Å². The first-order valence-corrected chi connectivity index (χ1v) is 8.42. The summed E-state index contributed by atoms with van der Waals surface area (Å²) < 4.78 is 5.72. The van der Waals surface area contributed by atoms with Crippen LogP contribution in [0.1, 0.15) is 38.0 Å². The maximum atomic E-state index is 5.72. The molecule has 1 saturated carbocycles. The van der Waals surface area contributed by atoms with Crippen LogP contribution in [0.15, 0.2) is 16.7 Å². The van der Waals surface area contributed by atoms with Gasteiger partial charge in [-0.15, -0.1) is 0 Å². The monoisotopic (exact) mass is 280 g/mol. The number of hydrogen-bond donors (Lipinski definition) is 1. The molecule has 2 aliphatic rings. The maximum Gasteiger partial charge on any atom is 0.118 e. The molecule has 106 valence electrons. The van der Waals surface area contributed by atoms with E-state index >= 15 is 0 Å². The third-order valence-corrected chi connectivity index (χ3v) is 5.59. The van der Waals surface area contributed by atoms with Crippen LogP contribution >= 0.6 is 11.8 Å². The SMILES string of the molecule is CC1SCCN(Cc2cc(CNC3CC3)co2)C1C. The van der Waals surface area contributed by atoms with Crippen molar-refractivity contribution in [3.05, 3.63) is 23.7 Å². The van der Waals surface area contributed by atoms with E-state index in [-0.39, 0.29) is 0 Å².